The van der Waals surface area contributed by atoms with Crippen LogP contribution in [0.5, 0.6) is 0 Å². The molecule has 3 heteroatoms. The second-order valence-corrected chi connectivity index (χ2v) is 3.74. The normalized spacial score (nSPS) is 13.9. The molecule has 0 fully saturated rings. The Balaban J connectivity index is 2.96. The van der Waals surface area contributed by atoms with Gasteiger partial charge in [-0.25, -0.2) is 4.98 Å². The van der Waals surface area contributed by atoms with Gasteiger partial charge in [-0.15, -0.1) is 0 Å². The first-order valence-electron chi connectivity index (χ1n) is 3.83. The Hall–Kier alpha value is -0.440. The standard InChI is InChI=1S/C8H14N2S/c1-6(2)10-5-4-9-8(10)7(3)11/h4-7,11H,1-3H3. The molecule has 0 amide bonds. The van der Waals surface area contributed by atoms with E-state index in [2.05, 4.69) is 36.0 Å². The maximum Gasteiger partial charge on any atom is 0.121 e. The Morgan fingerprint density at radius 1 is 1.45 bits per heavy atom. The highest BCUT2D eigenvalue weighted by molar-refractivity contribution is 7.80. The second-order valence-electron chi connectivity index (χ2n) is 2.96. The molecule has 0 aliphatic rings. The zero-order valence-corrected chi connectivity index (χ0v) is 8.05. The quantitative estimate of drug-likeness (QED) is 0.675. The number of aromatic nitrogens is 2. The summed E-state index contributed by atoms with van der Waals surface area (Å²) < 4.78 is 2.14. The van der Waals surface area contributed by atoms with Gasteiger partial charge in [-0.1, -0.05) is 0 Å². The maximum atomic E-state index is 4.33. The highest BCUT2D eigenvalue weighted by atomic mass is 32.1. The van der Waals surface area contributed by atoms with Crippen molar-refractivity contribution < 1.29 is 0 Å². The lowest BCUT2D eigenvalue weighted by molar-refractivity contribution is 0.570. The van der Waals surface area contributed by atoms with Crippen molar-refractivity contribution in [2.45, 2.75) is 32.1 Å². The number of imidazole rings is 1. The third-order valence-corrected chi connectivity index (χ3v) is 1.86. The van der Waals surface area contributed by atoms with Gasteiger partial charge in [0.2, 0.25) is 0 Å². The summed E-state index contributed by atoms with van der Waals surface area (Å²) in [7, 11) is 0. The van der Waals surface area contributed by atoms with Crippen LogP contribution in [0.1, 0.15) is 37.9 Å². The summed E-state index contributed by atoms with van der Waals surface area (Å²) in [6, 6.07) is 0.474. The summed E-state index contributed by atoms with van der Waals surface area (Å²) in [4.78, 5) is 4.22. The summed E-state index contributed by atoms with van der Waals surface area (Å²) in [6.07, 6.45) is 3.81. The van der Waals surface area contributed by atoms with Crippen LogP contribution in [0.2, 0.25) is 0 Å². The molecule has 1 atom stereocenters. The van der Waals surface area contributed by atoms with Crippen molar-refractivity contribution in [3.8, 4) is 0 Å². The molecule has 1 rings (SSSR count). The molecule has 1 aromatic heterocycles. The molecule has 0 N–H and O–H groups in total. The Morgan fingerprint density at radius 2 is 2.09 bits per heavy atom. The van der Waals surface area contributed by atoms with Crippen LogP contribution in [-0.2, 0) is 0 Å². The number of rotatable bonds is 2. The Labute approximate surface area is 73.0 Å². The van der Waals surface area contributed by atoms with Crippen LogP contribution in [0.15, 0.2) is 12.4 Å². The highest BCUT2D eigenvalue weighted by Gasteiger charge is 2.08. The lowest BCUT2D eigenvalue weighted by Crippen LogP contribution is -2.05. The molecule has 1 unspecified atom stereocenters. The van der Waals surface area contributed by atoms with Gasteiger partial charge in [0, 0.05) is 18.4 Å². The molecule has 0 saturated heterocycles. The van der Waals surface area contributed by atoms with Crippen LogP contribution in [0.4, 0.5) is 0 Å². The number of thiol groups is 1. The molecule has 0 bridgehead atoms. The van der Waals surface area contributed by atoms with Crippen molar-refractivity contribution in [3.05, 3.63) is 18.2 Å². The van der Waals surface area contributed by atoms with E-state index in [9.17, 15) is 0 Å². The van der Waals surface area contributed by atoms with Crippen molar-refractivity contribution in [2.24, 2.45) is 0 Å². The lowest BCUT2D eigenvalue weighted by atomic mass is 10.3. The average molecular weight is 170 g/mol. The fraction of sp³-hybridized carbons (Fsp3) is 0.625. The lowest BCUT2D eigenvalue weighted by Gasteiger charge is -2.12. The molecular weight excluding hydrogens is 156 g/mol. The maximum absolute atomic E-state index is 4.33. The number of hydrogen-bond donors (Lipinski definition) is 1. The fourth-order valence-electron chi connectivity index (χ4n) is 1.08. The van der Waals surface area contributed by atoms with E-state index in [1.165, 1.54) is 0 Å². The van der Waals surface area contributed by atoms with Crippen molar-refractivity contribution >= 4 is 12.6 Å². The molecule has 1 aromatic rings. The van der Waals surface area contributed by atoms with E-state index in [1.807, 2.05) is 19.3 Å². The van der Waals surface area contributed by atoms with E-state index in [-0.39, 0.29) is 5.25 Å². The summed E-state index contributed by atoms with van der Waals surface area (Å²) >= 11 is 4.33. The Bertz CT molecular complexity index is 205. The van der Waals surface area contributed by atoms with Crippen molar-refractivity contribution in [1.29, 1.82) is 0 Å². The molecule has 0 aliphatic heterocycles. The average Bonchev–Trinajstić information content (AvgIpc) is 2.32. The summed E-state index contributed by atoms with van der Waals surface area (Å²) in [5.41, 5.74) is 0. The van der Waals surface area contributed by atoms with E-state index < -0.39 is 0 Å². The number of hydrogen-bond acceptors (Lipinski definition) is 2. The molecule has 0 aromatic carbocycles. The van der Waals surface area contributed by atoms with Gasteiger partial charge in [0.05, 0.1) is 5.25 Å². The van der Waals surface area contributed by atoms with Crippen molar-refractivity contribution in [1.82, 2.24) is 9.55 Å². The van der Waals surface area contributed by atoms with Crippen LogP contribution in [0.25, 0.3) is 0 Å². The minimum atomic E-state index is 0.215. The predicted octanol–water partition coefficient (Wildman–Crippen LogP) is 2.45. The SMILES string of the molecule is CC(S)c1nccn1C(C)C. The first kappa shape index (κ1) is 8.65. The predicted molar refractivity (Wildman–Crippen MR) is 50.0 cm³/mol. The molecule has 11 heavy (non-hydrogen) atoms. The van der Waals surface area contributed by atoms with Crippen molar-refractivity contribution in [3.63, 3.8) is 0 Å². The van der Waals surface area contributed by atoms with Gasteiger partial charge < -0.3 is 4.57 Å². The molecule has 1 heterocycles. The van der Waals surface area contributed by atoms with Gasteiger partial charge in [-0.2, -0.15) is 12.6 Å². The molecular formula is C8H14N2S. The van der Waals surface area contributed by atoms with Gasteiger partial charge in [0.15, 0.2) is 0 Å². The van der Waals surface area contributed by atoms with Gasteiger partial charge in [-0.05, 0) is 20.8 Å². The zero-order valence-electron chi connectivity index (χ0n) is 7.15. The van der Waals surface area contributed by atoms with E-state index in [0.29, 0.717) is 6.04 Å². The molecule has 62 valence electrons. The van der Waals surface area contributed by atoms with E-state index in [0.717, 1.165) is 5.82 Å². The van der Waals surface area contributed by atoms with Crippen LogP contribution in [0.3, 0.4) is 0 Å². The Kier molecular flexibility index (Phi) is 2.60. The van der Waals surface area contributed by atoms with E-state index >= 15 is 0 Å². The summed E-state index contributed by atoms with van der Waals surface area (Å²) in [5.74, 6) is 1.04. The largest absolute Gasteiger partial charge is 0.332 e. The van der Waals surface area contributed by atoms with E-state index in [1.54, 1.807) is 0 Å². The van der Waals surface area contributed by atoms with Gasteiger partial charge in [0.1, 0.15) is 5.82 Å². The zero-order chi connectivity index (χ0) is 8.43. The van der Waals surface area contributed by atoms with Gasteiger partial charge in [0.25, 0.3) is 0 Å². The Morgan fingerprint density at radius 3 is 2.45 bits per heavy atom. The second kappa shape index (κ2) is 3.30. The summed E-state index contributed by atoms with van der Waals surface area (Å²) in [6.45, 7) is 6.31. The monoisotopic (exact) mass is 170 g/mol. The van der Waals surface area contributed by atoms with Gasteiger partial charge in [-0.3, -0.25) is 0 Å². The smallest absolute Gasteiger partial charge is 0.121 e. The highest BCUT2D eigenvalue weighted by Crippen LogP contribution is 2.19. The summed E-state index contributed by atoms with van der Waals surface area (Å²) in [5, 5.41) is 0.215. The third-order valence-electron chi connectivity index (χ3n) is 1.63. The molecule has 0 radical (unpaired) electrons. The van der Waals surface area contributed by atoms with E-state index in [4.69, 9.17) is 0 Å². The van der Waals surface area contributed by atoms with Crippen LogP contribution in [0, 0.1) is 0 Å². The first-order chi connectivity index (χ1) is 5.13. The third kappa shape index (κ3) is 1.77. The topological polar surface area (TPSA) is 17.8 Å². The minimum absolute atomic E-state index is 0.215. The molecule has 0 saturated carbocycles. The fourth-order valence-corrected chi connectivity index (χ4v) is 1.28. The first-order valence-corrected chi connectivity index (χ1v) is 4.35. The van der Waals surface area contributed by atoms with Crippen LogP contribution < -0.4 is 0 Å². The van der Waals surface area contributed by atoms with Gasteiger partial charge >= 0.3 is 0 Å². The van der Waals surface area contributed by atoms with Crippen LogP contribution in [-0.4, -0.2) is 9.55 Å². The minimum Gasteiger partial charge on any atom is -0.332 e. The number of nitrogens with zero attached hydrogens (tertiary/aromatic N) is 2. The molecule has 2 nitrogen and oxygen atoms in total. The molecule has 0 aliphatic carbocycles. The van der Waals surface area contributed by atoms with Crippen LogP contribution >= 0.6 is 12.6 Å². The van der Waals surface area contributed by atoms with Crippen molar-refractivity contribution in [2.75, 3.05) is 0 Å². The molecule has 0 spiro atoms.